The fourth-order valence-electron chi connectivity index (χ4n) is 1.85. The number of phenolic OH excluding ortho intramolecular Hbond substituents is 1. The van der Waals surface area contributed by atoms with Crippen LogP contribution >= 0.6 is 0 Å². The molecule has 0 unspecified atom stereocenters. The van der Waals surface area contributed by atoms with Gasteiger partial charge in [0.1, 0.15) is 5.75 Å². The Morgan fingerprint density at radius 2 is 1.58 bits per heavy atom. The lowest BCUT2D eigenvalue weighted by Crippen LogP contribution is -2.29. The fraction of sp³-hybridized carbons (Fsp3) is 0.118. The molecule has 7 nitrogen and oxygen atoms in total. The third kappa shape index (κ3) is 4.33. The lowest BCUT2D eigenvalue weighted by molar-refractivity contribution is -0.133. The molecular weight excluding hydrogens is 312 g/mol. The van der Waals surface area contributed by atoms with Crippen molar-refractivity contribution in [2.75, 3.05) is 17.2 Å². The van der Waals surface area contributed by atoms with E-state index in [9.17, 15) is 19.5 Å². The molecule has 0 heterocycles. The zero-order valence-corrected chi connectivity index (χ0v) is 12.9. The molecule has 2 aromatic rings. The van der Waals surface area contributed by atoms with Gasteiger partial charge >= 0.3 is 17.8 Å². The summed E-state index contributed by atoms with van der Waals surface area (Å²) >= 11 is 0. The van der Waals surface area contributed by atoms with Crippen molar-refractivity contribution in [3.8, 4) is 5.75 Å². The van der Waals surface area contributed by atoms with Crippen LogP contribution in [0.4, 0.5) is 11.4 Å². The van der Waals surface area contributed by atoms with E-state index < -0.39 is 17.8 Å². The molecule has 0 aromatic heterocycles. The van der Waals surface area contributed by atoms with E-state index in [1.54, 1.807) is 19.1 Å². The highest BCUT2D eigenvalue weighted by molar-refractivity contribution is 6.43. The number of hydrogen-bond donors (Lipinski definition) is 3. The first-order valence-corrected chi connectivity index (χ1v) is 7.18. The van der Waals surface area contributed by atoms with E-state index >= 15 is 0 Å². The molecule has 0 aliphatic rings. The van der Waals surface area contributed by atoms with Crippen LogP contribution in [0, 0.1) is 0 Å². The van der Waals surface area contributed by atoms with Gasteiger partial charge in [-0.1, -0.05) is 12.1 Å². The molecule has 0 atom stereocenters. The molecule has 7 heteroatoms. The van der Waals surface area contributed by atoms with E-state index in [4.69, 9.17) is 4.74 Å². The van der Waals surface area contributed by atoms with Gasteiger partial charge in [0.25, 0.3) is 0 Å². The lowest BCUT2D eigenvalue weighted by atomic mass is 10.2. The Balaban J connectivity index is 1.97. The smallest absolute Gasteiger partial charge is 0.338 e. The number of ether oxygens (including phenoxy) is 1. The van der Waals surface area contributed by atoms with E-state index in [0.29, 0.717) is 11.3 Å². The van der Waals surface area contributed by atoms with Gasteiger partial charge in [0.2, 0.25) is 0 Å². The molecule has 3 N–H and O–H groups in total. The summed E-state index contributed by atoms with van der Waals surface area (Å²) in [5.41, 5.74) is 0.823. The largest absolute Gasteiger partial charge is 0.506 e. The van der Waals surface area contributed by atoms with Crippen LogP contribution in [0.15, 0.2) is 48.5 Å². The molecule has 0 spiro atoms. The second kappa shape index (κ2) is 7.77. The summed E-state index contributed by atoms with van der Waals surface area (Å²) in [4.78, 5) is 35.2. The van der Waals surface area contributed by atoms with Crippen molar-refractivity contribution in [2.45, 2.75) is 6.92 Å². The highest BCUT2D eigenvalue weighted by atomic mass is 16.5. The number of carbonyl (C=O) groups excluding carboxylic acids is 3. The zero-order valence-electron chi connectivity index (χ0n) is 12.9. The molecule has 0 aliphatic carbocycles. The topological polar surface area (TPSA) is 105 Å². The first-order chi connectivity index (χ1) is 11.5. The van der Waals surface area contributed by atoms with Crippen LogP contribution in [0.5, 0.6) is 5.75 Å². The minimum absolute atomic E-state index is 0.135. The number of phenols is 1. The quantitative estimate of drug-likeness (QED) is 0.453. The minimum atomic E-state index is -0.925. The van der Waals surface area contributed by atoms with Crippen molar-refractivity contribution in [1.82, 2.24) is 0 Å². The molecule has 2 amide bonds. The second-order valence-electron chi connectivity index (χ2n) is 4.72. The monoisotopic (exact) mass is 328 g/mol. The molecule has 0 bridgehead atoms. The van der Waals surface area contributed by atoms with Crippen LogP contribution in [-0.2, 0) is 14.3 Å². The van der Waals surface area contributed by atoms with Crippen LogP contribution in [0.25, 0.3) is 0 Å². The SMILES string of the molecule is CCOC(=O)c1ccc(NC(=O)C(=O)Nc2ccccc2O)cc1. The van der Waals surface area contributed by atoms with Crippen molar-refractivity contribution in [2.24, 2.45) is 0 Å². The fourth-order valence-corrected chi connectivity index (χ4v) is 1.85. The van der Waals surface area contributed by atoms with Gasteiger partial charge in [0.05, 0.1) is 17.9 Å². The molecule has 124 valence electrons. The van der Waals surface area contributed by atoms with E-state index in [-0.39, 0.29) is 18.0 Å². The summed E-state index contributed by atoms with van der Waals surface area (Å²) in [6.45, 7) is 1.97. The normalized spacial score (nSPS) is 9.88. The summed E-state index contributed by atoms with van der Waals surface area (Å²) in [6.07, 6.45) is 0. The molecule has 0 saturated carbocycles. The predicted octanol–water partition coefficient (Wildman–Crippen LogP) is 2.15. The Labute approximate surface area is 138 Å². The number of benzene rings is 2. The second-order valence-corrected chi connectivity index (χ2v) is 4.72. The average Bonchev–Trinajstić information content (AvgIpc) is 2.57. The third-order valence-corrected chi connectivity index (χ3v) is 3.01. The number of hydrogen-bond acceptors (Lipinski definition) is 5. The maximum absolute atomic E-state index is 11.9. The maximum Gasteiger partial charge on any atom is 0.338 e. The van der Waals surface area contributed by atoms with Crippen LogP contribution in [0.3, 0.4) is 0 Å². The van der Waals surface area contributed by atoms with Crippen molar-refractivity contribution >= 4 is 29.2 Å². The Morgan fingerprint density at radius 3 is 2.21 bits per heavy atom. The first kappa shape index (κ1) is 17.0. The van der Waals surface area contributed by atoms with Gasteiger partial charge in [-0.15, -0.1) is 0 Å². The number of esters is 1. The van der Waals surface area contributed by atoms with E-state index in [1.807, 2.05) is 0 Å². The number of amides is 2. The maximum atomic E-state index is 11.9. The van der Waals surface area contributed by atoms with Crippen molar-refractivity contribution in [3.05, 3.63) is 54.1 Å². The molecular formula is C17H16N2O5. The summed E-state index contributed by atoms with van der Waals surface area (Å²) in [6, 6.07) is 12.0. The molecule has 0 aliphatic heterocycles. The Hall–Kier alpha value is -3.35. The average molecular weight is 328 g/mol. The zero-order chi connectivity index (χ0) is 17.5. The van der Waals surface area contributed by atoms with Crippen molar-refractivity contribution in [3.63, 3.8) is 0 Å². The summed E-state index contributed by atoms with van der Waals surface area (Å²) in [5, 5.41) is 14.3. The standard InChI is InChI=1S/C17H16N2O5/c1-2-24-17(23)11-7-9-12(10-8-11)18-15(21)16(22)19-13-5-3-4-6-14(13)20/h3-10,20H,2H2,1H3,(H,18,21)(H,19,22). The van der Waals surface area contributed by atoms with Gasteiger partial charge in [-0.3, -0.25) is 9.59 Å². The van der Waals surface area contributed by atoms with Crippen LogP contribution in [0.2, 0.25) is 0 Å². The molecule has 0 radical (unpaired) electrons. The van der Waals surface area contributed by atoms with E-state index in [2.05, 4.69) is 10.6 Å². The minimum Gasteiger partial charge on any atom is -0.506 e. The molecule has 24 heavy (non-hydrogen) atoms. The summed E-state index contributed by atoms with van der Waals surface area (Å²) in [7, 11) is 0. The molecule has 0 fully saturated rings. The van der Waals surface area contributed by atoms with Gasteiger partial charge in [-0.25, -0.2) is 4.79 Å². The number of rotatable bonds is 4. The number of aromatic hydroxyl groups is 1. The molecule has 2 rings (SSSR count). The van der Waals surface area contributed by atoms with Crippen LogP contribution in [0.1, 0.15) is 17.3 Å². The van der Waals surface area contributed by atoms with Crippen molar-refractivity contribution < 1.29 is 24.2 Å². The van der Waals surface area contributed by atoms with Gasteiger partial charge in [-0.2, -0.15) is 0 Å². The molecule has 2 aromatic carbocycles. The van der Waals surface area contributed by atoms with Gasteiger partial charge in [0.15, 0.2) is 0 Å². The van der Waals surface area contributed by atoms with Gasteiger partial charge < -0.3 is 20.5 Å². The number of nitrogens with one attached hydrogen (secondary N) is 2. The van der Waals surface area contributed by atoms with E-state index in [1.165, 1.54) is 36.4 Å². The highest BCUT2D eigenvalue weighted by Gasteiger charge is 2.15. The summed E-state index contributed by atoms with van der Waals surface area (Å²) in [5.74, 6) is -2.43. The van der Waals surface area contributed by atoms with Crippen molar-refractivity contribution in [1.29, 1.82) is 0 Å². The van der Waals surface area contributed by atoms with Gasteiger partial charge in [-0.05, 0) is 43.3 Å². The van der Waals surface area contributed by atoms with Gasteiger partial charge in [0, 0.05) is 5.69 Å². The van der Waals surface area contributed by atoms with E-state index in [0.717, 1.165) is 0 Å². The number of para-hydroxylation sites is 2. The Kier molecular flexibility index (Phi) is 5.51. The Bertz CT molecular complexity index is 756. The number of carbonyl (C=O) groups is 3. The Morgan fingerprint density at radius 1 is 0.958 bits per heavy atom. The lowest BCUT2D eigenvalue weighted by Gasteiger charge is -2.08. The predicted molar refractivity (Wildman–Crippen MR) is 87.8 cm³/mol. The molecule has 0 saturated heterocycles. The van der Waals surface area contributed by atoms with Crippen LogP contribution < -0.4 is 10.6 Å². The first-order valence-electron chi connectivity index (χ1n) is 7.18. The van der Waals surface area contributed by atoms with Crippen LogP contribution in [-0.4, -0.2) is 29.5 Å². The third-order valence-electron chi connectivity index (χ3n) is 3.01. The number of anilines is 2. The highest BCUT2D eigenvalue weighted by Crippen LogP contribution is 2.21. The summed E-state index contributed by atoms with van der Waals surface area (Å²) < 4.78 is 4.85.